The topological polar surface area (TPSA) is 97.2 Å². The Hall–Kier alpha value is -3.04. The lowest BCUT2D eigenvalue weighted by molar-refractivity contribution is 0.102. The van der Waals surface area contributed by atoms with Crippen LogP contribution in [-0.4, -0.2) is 46.5 Å². The number of hydrogen-bond donors (Lipinski definition) is 1. The average Bonchev–Trinajstić information content (AvgIpc) is 3.42. The van der Waals surface area contributed by atoms with Crippen LogP contribution in [0.5, 0.6) is 0 Å². The Balaban J connectivity index is 1.50. The molecule has 0 unspecified atom stereocenters. The van der Waals surface area contributed by atoms with E-state index in [0.29, 0.717) is 24.3 Å². The first-order valence-electron chi connectivity index (χ1n) is 8.91. The quantitative estimate of drug-likeness (QED) is 0.712. The molecule has 1 fully saturated rings. The van der Waals surface area contributed by atoms with E-state index in [2.05, 4.69) is 15.4 Å². The number of nitrogens with zero attached hydrogens (tertiary/aromatic N) is 4. The van der Waals surface area contributed by atoms with Gasteiger partial charge in [-0.05, 0) is 55.3 Å². The van der Waals surface area contributed by atoms with Crippen LogP contribution in [0.1, 0.15) is 23.2 Å². The maximum absolute atomic E-state index is 12.7. The Morgan fingerprint density at radius 2 is 1.79 bits per heavy atom. The zero-order valence-corrected chi connectivity index (χ0v) is 15.8. The molecular formula is C19H19N5O3S. The predicted octanol–water partition coefficient (Wildman–Crippen LogP) is 2.30. The summed E-state index contributed by atoms with van der Waals surface area (Å²) in [4.78, 5) is 16.6. The van der Waals surface area contributed by atoms with Gasteiger partial charge in [0.2, 0.25) is 10.0 Å². The highest BCUT2D eigenvalue weighted by Gasteiger charge is 2.27. The zero-order chi connectivity index (χ0) is 19.6. The van der Waals surface area contributed by atoms with Gasteiger partial charge < -0.3 is 5.32 Å². The Morgan fingerprint density at radius 1 is 1.04 bits per heavy atom. The first-order chi connectivity index (χ1) is 13.5. The summed E-state index contributed by atoms with van der Waals surface area (Å²) in [5.41, 5.74) is 1.68. The lowest BCUT2D eigenvalue weighted by Crippen LogP contribution is -2.27. The molecule has 1 saturated heterocycles. The SMILES string of the molecule is O=C(Nc1cccc(S(=O)(=O)N2CCCC2)c1)c1ccc(-n2cncn2)cc1. The number of sulfonamides is 1. The van der Waals surface area contributed by atoms with Crippen LogP contribution >= 0.6 is 0 Å². The van der Waals surface area contributed by atoms with E-state index in [-0.39, 0.29) is 10.8 Å². The van der Waals surface area contributed by atoms with Gasteiger partial charge in [-0.3, -0.25) is 4.79 Å². The van der Waals surface area contributed by atoms with E-state index < -0.39 is 10.0 Å². The van der Waals surface area contributed by atoms with Crippen LogP contribution in [0.3, 0.4) is 0 Å². The van der Waals surface area contributed by atoms with Crippen molar-refractivity contribution in [3.63, 3.8) is 0 Å². The van der Waals surface area contributed by atoms with Gasteiger partial charge in [-0.2, -0.15) is 9.40 Å². The third-order valence-electron chi connectivity index (χ3n) is 4.61. The molecule has 3 aromatic rings. The highest BCUT2D eigenvalue weighted by atomic mass is 32.2. The van der Waals surface area contributed by atoms with Crippen molar-refractivity contribution in [3.8, 4) is 5.69 Å². The van der Waals surface area contributed by atoms with Crippen molar-refractivity contribution in [1.29, 1.82) is 0 Å². The fourth-order valence-electron chi connectivity index (χ4n) is 3.12. The van der Waals surface area contributed by atoms with Gasteiger partial charge >= 0.3 is 0 Å². The molecular weight excluding hydrogens is 378 g/mol. The Labute approximate surface area is 162 Å². The van der Waals surface area contributed by atoms with Gasteiger partial charge in [0.25, 0.3) is 5.91 Å². The maximum atomic E-state index is 12.7. The molecule has 1 amide bonds. The smallest absolute Gasteiger partial charge is 0.255 e. The number of nitrogens with one attached hydrogen (secondary N) is 1. The van der Waals surface area contributed by atoms with Crippen molar-refractivity contribution < 1.29 is 13.2 Å². The van der Waals surface area contributed by atoms with Gasteiger partial charge in [0.15, 0.2) is 0 Å². The molecule has 1 N–H and O–H groups in total. The minimum atomic E-state index is -3.53. The van der Waals surface area contributed by atoms with Gasteiger partial charge in [-0.1, -0.05) is 6.07 Å². The average molecular weight is 397 g/mol. The summed E-state index contributed by atoms with van der Waals surface area (Å²) in [7, 11) is -3.53. The van der Waals surface area contributed by atoms with E-state index in [1.807, 2.05) is 0 Å². The molecule has 1 aromatic heterocycles. The van der Waals surface area contributed by atoms with E-state index in [4.69, 9.17) is 0 Å². The summed E-state index contributed by atoms with van der Waals surface area (Å²) in [6, 6.07) is 13.2. The van der Waals surface area contributed by atoms with Crippen LogP contribution in [0.15, 0.2) is 66.1 Å². The Kier molecular flexibility index (Phi) is 4.93. The number of rotatable bonds is 5. The number of carbonyl (C=O) groups excluding carboxylic acids is 1. The molecule has 1 aliphatic rings. The molecule has 8 nitrogen and oxygen atoms in total. The van der Waals surface area contributed by atoms with Gasteiger partial charge in [0.1, 0.15) is 12.7 Å². The summed E-state index contributed by atoms with van der Waals surface area (Å²) >= 11 is 0. The molecule has 28 heavy (non-hydrogen) atoms. The lowest BCUT2D eigenvalue weighted by atomic mass is 10.2. The standard InChI is InChI=1S/C19H19N5O3S/c25-19(15-6-8-17(9-7-15)24-14-20-13-21-24)22-16-4-3-5-18(12-16)28(26,27)23-10-1-2-11-23/h3-9,12-14H,1-2,10-11H2,(H,22,25). The summed E-state index contributed by atoms with van der Waals surface area (Å²) < 4.78 is 28.5. The third-order valence-corrected chi connectivity index (χ3v) is 6.50. The highest BCUT2D eigenvalue weighted by molar-refractivity contribution is 7.89. The monoisotopic (exact) mass is 397 g/mol. The maximum Gasteiger partial charge on any atom is 0.255 e. The normalized spacial score (nSPS) is 14.9. The second-order valence-corrected chi connectivity index (χ2v) is 8.42. The predicted molar refractivity (Wildman–Crippen MR) is 104 cm³/mol. The van der Waals surface area contributed by atoms with Gasteiger partial charge in [-0.25, -0.2) is 18.1 Å². The van der Waals surface area contributed by atoms with Crippen molar-refractivity contribution in [2.75, 3.05) is 18.4 Å². The molecule has 0 radical (unpaired) electrons. The molecule has 0 bridgehead atoms. The lowest BCUT2D eigenvalue weighted by Gasteiger charge is -2.16. The highest BCUT2D eigenvalue weighted by Crippen LogP contribution is 2.23. The first-order valence-corrected chi connectivity index (χ1v) is 10.3. The van der Waals surface area contributed by atoms with Crippen LogP contribution in [-0.2, 0) is 10.0 Å². The fourth-order valence-corrected chi connectivity index (χ4v) is 4.69. The van der Waals surface area contributed by atoms with Crippen LogP contribution in [0.2, 0.25) is 0 Å². The Bertz CT molecular complexity index is 1070. The van der Waals surface area contributed by atoms with Crippen LogP contribution in [0.4, 0.5) is 5.69 Å². The van der Waals surface area contributed by atoms with Crippen molar-refractivity contribution in [1.82, 2.24) is 19.1 Å². The van der Waals surface area contributed by atoms with E-state index in [0.717, 1.165) is 18.5 Å². The number of anilines is 1. The second kappa shape index (κ2) is 7.53. The van der Waals surface area contributed by atoms with E-state index >= 15 is 0 Å². The van der Waals surface area contributed by atoms with Crippen LogP contribution in [0, 0.1) is 0 Å². The number of carbonyl (C=O) groups is 1. The molecule has 9 heteroatoms. The molecule has 0 aliphatic carbocycles. The molecule has 2 aromatic carbocycles. The molecule has 0 atom stereocenters. The largest absolute Gasteiger partial charge is 0.322 e. The number of benzene rings is 2. The zero-order valence-electron chi connectivity index (χ0n) is 15.0. The molecule has 144 valence electrons. The molecule has 2 heterocycles. The van der Waals surface area contributed by atoms with Crippen molar-refractivity contribution in [2.24, 2.45) is 0 Å². The van der Waals surface area contributed by atoms with Crippen molar-refractivity contribution in [2.45, 2.75) is 17.7 Å². The second-order valence-electron chi connectivity index (χ2n) is 6.48. The minimum Gasteiger partial charge on any atom is -0.322 e. The summed E-state index contributed by atoms with van der Waals surface area (Å²) in [6.45, 7) is 1.08. The third kappa shape index (κ3) is 3.67. The van der Waals surface area contributed by atoms with Crippen molar-refractivity contribution in [3.05, 3.63) is 66.7 Å². The number of aromatic nitrogens is 3. The molecule has 4 rings (SSSR count). The van der Waals surface area contributed by atoms with E-state index in [9.17, 15) is 13.2 Å². The number of hydrogen-bond acceptors (Lipinski definition) is 5. The van der Waals surface area contributed by atoms with E-state index in [1.165, 1.54) is 16.7 Å². The molecule has 0 spiro atoms. The fraction of sp³-hybridized carbons (Fsp3) is 0.211. The summed E-state index contributed by atoms with van der Waals surface area (Å²) in [6.07, 6.45) is 4.76. The van der Waals surface area contributed by atoms with Gasteiger partial charge in [-0.15, -0.1) is 0 Å². The first kappa shape index (κ1) is 18.3. The van der Waals surface area contributed by atoms with E-state index in [1.54, 1.807) is 53.5 Å². The van der Waals surface area contributed by atoms with Gasteiger partial charge in [0, 0.05) is 24.3 Å². The summed E-state index contributed by atoms with van der Waals surface area (Å²) in [5, 5.41) is 6.80. The van der Waals surface area contributed by atoms with Gasteiger partial charge in [0.05, 0.1) is 10.6 Å². The van der Waals surface area contributed by atoms with Crippen LogP contribution < -0.4 is 5.32 Å². The minimum absolute atomic E-state index is 0.189. The number of amides is 1. The molecule has 1 aliphatic heterocycles. The Morgan fingerprint density at radius 3 is 2.46 bits per heavy atom. The summed E-state index contributed by atoms with van der Waals surface area (Å²) in [5.74, 6) is -0.319. The van der Waals surface area contributed by atoms with Crippen LogP contribution in [0.25, 0.3) is 5.69 Å². The molecule has 0 saturated carbocycles. The van der Waals surface area contributed by atoms with Crippen molar-refractivity contribution >= 4 is 21.6 Å².